The van der Waals surface area contributed by atoms with Crippen LogP contribution in [0.2, 0.25) is 0 Å². The molecule has 4 nitrogen and oxygen atoms in total. The van der Waals surface area contributed by atoms with Crippen molar-refractivity contribution in [2.24, 2.45) is 0 Å². The van der Waals surface area contributed by atoms with Crippen LogP contribution in [0.15, 0.2) is 65.8 Å². The minimum Gasteiger partial charge on any atom is -0.303 e. The summed E-state index contributed by atoms with van der Waals surface area (Å²) in [4.78, 5) is 6.51. The van der Waals surface area contributed by atoms with Gasteiger partial charge in [-0.25, -0.2) is 17.8 Å². The van der Waals surface area contributed by atoms with Gasteiger partial charge < -0.3 is 4.90 Å². The van der Waals surface area contributed by atoms with Gasteiger partial charge in [0.05, 0.1) is 5.25 Å². The normalized spacial score (nSPS) is 15.9. The lowest BCUT2D eigenvalue weighted by atomic mass is 10.1. The maximum Gasteiger partial charge on any atom is 0.199 e. The molecular formula is C22H24ClFN2O2S. The zero-order valence-corrected chi connectivity index (χ0v) is 17.6. The number of likely N-dealkylation sites (tertiary alicyclic amines) is 1. The number of aromatic nitrogens is 1. The Morgan fingerprint density at radius 2 is 1.69 bits per heavy atom. The van der Waals surface area contributed by atoms with Crippen molar-refractivity contribution < 1.29 is 12.8 Å². The topological polar surface area (TPSA) is 50.3 Å². The lowest BCUT2D eigenvalue weighted by molar-refractivity contribution is 0.232. The van der Waals surface area contributed by atoms with E-state index in [2.05, 4.69) is 9.88 Å². The maximum atomic E-state index is 13.2. The van der Waals surface area contributed by atoms with Crippen molar-refractivity contribution in [1.82, 2.24) is 9.88 Å². The number of benzene rings is 2. The zero-order chi connectivity index (χ0) is 19.6. The SMILES string of the molecule is Cl.O=S(=O)(c1nccc2ccccc12)C1CCN(CCc2ccc(F)cc2)CC1. The molecule has 0 unspecified atom stereocenters. The Kier molecular flexibility index (Phi) is 6.88. The van der Waals surface area contributed by atoms with E-state index in [1.165, 1.54) is 12.1 Å². The number of halogens is 2. The van der Waals surface area contributed by atoms with Gasteiger partial charge >= 0.3 is 0 Å². The summed E-state index contributed by atoms with van der Waals surface area (Å²) in [6, 6.07) is 15.9. The molecule has 29 heavy (non-hydrogen) atoms. The fourth-order valence-electron chi connectivity index (χ4n) is 3.86. The first-order chi connectivity index (χ1) is 13.5. The summed E-state index contributed by atoms with van der Waals surface area (Å²) in [5.74, 6) is -0.225. The molecule has 0 radical (unpaired) electrons. The standard InChI is InChI=1S/C22H23FN2O2S.ClH/c23-19-7-5-17(6-8-19)10-14-25-15-11-20(12-16-25)28(26,27)22-21-4-2-1-3-18(21)9-13-24-22;/h1-9,13,20H,10-12,14-16H2;1H. The molecule has 1 aliphatic heterocycles. The van der Waals surface area contributed by atoms with Crippen LogP contribution in [0.25, 0.3) is 10.8 Å². The Bertz CT molecular complexity index is 1060. The van der Waals surface area contributed by atoms with Gasteiger partial charge in [-0.2, -0.15) is 0 Å². The van der Waals surface area contributed by atoms with E-state index in [1.807, 2.05) is 30.3 Å². The molecule has 1 fully saturated rings. The highest BCUT2D eigenvalue weighted by molar-refractivity contribution is 7.92. The zero-order valence-electron chi connectivity index (χ0n) is 16.0. The Balaban J connectivity index is 0.00000240. The third-order valence-corrected chi connectivity index (χ3v) is 7.72. The summed E-state index contributed by atoms with van der Waals surface area (Å²) < 4.78 is 39.4. The molecule has 0 N–H and O–H groups in total. The number of piperidine rings is 1. The summed E-state index contributed by atoms with van der Waals surface area (Å²) in [7, 11) is -3.46. The number of nitrogens with zero attached hydrogens (tertiary/aromatic N) is 2. The average Bonchev–Trinajstić information content (AvgIpc) is 2.73. The number of sulfone groups is 1. The Hall–Kier alpha value is -2.02. The molecule has 1 aromatic heterocycles. The van der Waals surface area contributed by atoms with Crippen molar-refractivity contribution in [3.63, 3.8) is 0 Å². The third-order valence-electron chi connectivity index (χ3n) is 5.51. The van der Waals surface area contributed by atoms with Crippen LogP contribution in [0.4, 0.5) is 4.39 Å². The molecule has 0 atom stereocenters. The quantitative estimate of drug-likeness (QED) is 0.601. The van der Waals surface area contributed by atoms with Crippen LogP contribution >= 0.6 is 12.4 Å². The van der Waals surface area contributed by atoms with E-state index in [0.29, 0.717) is 18.2 Å². The largest absolute Gasteiger partial charge is 0.303 e. The minimum atomic E-state index is -3.46. The second kappa shape index (κ2) is 9.20. The molecule has 0 aliphatic carbocycles. The maximum absolute atomic E-state index is 13.2. The van der Waals surface area contributed by atoms with E-state index in [0.717, 1.165) is 37.0 Å². The van der Waals surface area contributed by atoms with E-state index in [4.69, 9.17) is 0 Å². The highest BCUT2D eigenvalue weighted by atomic mass is 35.5. The average molecular weight is 435 g/mol. The fourth-order valence-corrected chi connectivity index (χ4v) is 5.71. The second-order valence-electron chi connectivity index (χ2n) is 7.30. The third kappa shape index (κ3) is 4.77. The number of hydrogen-bond acceptors (Lipinski definition) is 4. The molecule has 154 valence electrons. The van der Waals surface area contributed by atoms with Crippen molar-refractivity contribution in [3.8, 4) is 0 Å². The summed E-state index contributed by atoms with van der Waals surface area (Å²) >= 11 is 0. The van der Waals surface area contributed by atoms with E-state index < -0.39 is 15.1 Å². The van der Waals surface area contributed by atoms with Crippen LogP contribution < -0.4 is 0 Å². The summed E-state index contributed by atoms with van der Waals surface area (Å²) in [5, 5.41) is 1.40. The van der Waals surface area contributed by atoms with Crippen molar-refractivity contribution in [3.05, 3.63) is 72.2 Å². The van der Waals surface area contributed by atoms with Gasteiger partial charge in [0, 0.05) is 18.1 Å². The van der Waals surface area contributed by atoms with Crippen LogP contribution in [0.5, 0.6) is 0 Å². The first-order valence-corrected chi connectivity index (χ1v) is 11.1. The van der Waals surface area contributed by atoms with E-state index in [-0.39, 0.29) is 23.3 Å². The van der Waals surface area contributed by atoms with Gasteiger partial charge in [0.25, 0.3) is 0 Å². The lowest BCUT2D eigenvalue weighted by Gasteiger charge is -2.31. The summed E-state index contributed by atoms with van der Waals surface area (Å²) in [6.45, 7) is 2.34. The molecule has 0 amide bonds. The second-order valence-corrected chi connectivity index (χ2v) is 9.44. The monoisotopic (exact) mass is 434 g/mol. The molecule has 7 heteroatoms. The first kappa shape index (κ1) is 21.7. The predicted molar refractivity (Wildman–Crippen MR) is 116 cm³/mol. The molecule has 0 spiro atoms. The van der Waals surface area contributed by atoms with Crippen molar-refractivity contribution in [1.29, 1.82) is 0 Å². The summed E-state index contributed by atoms with van der Waals surface area (Å²) in [6.07, 6.45) is 3.63. The van der Waals surface area contributed by atoms with Crippen LogP contribution in [-0.2, 0) is 16.3 Å². The van der Waals surface area contributed by atoms with Gasteiger partial charge in [0.2, 0.25) is 0 Å². The Morgan fingerprint density at radius 3 is 2.41 bits per heavy atom. The number of fused-ring (bicyclic) bond motifs is 1. The van der Waals surface area contributed by atoms with E-state index >= 15 is 0 Å². The van der Waals surface area contributed by atoms with Crippen molar-refractivity contribution >= 4 is 33.0 Å². The smallest absolute Gasteiger partial charge is 0.199 e. The van der Waals surface area contributed by atoms with Crippen LogP contribution in [-0.4, -0.2) is 43.2 Å². The predicted octanol–water partition coefficient (Wildman–Crippen LogP) is 4.28. The minimum absolute atomic E-state index is 0. The number of rotatable bonds is 5. The highest BCUT2D eigenvalue weighted by Gasteiger charge is 2.33. The first-order valence-electron chi connectivity index (χ1n) is 9.58. The molecule has 0 bridgehead atoms. The van der Waals surface area contributed by atoms with Crippen LogP contribution in [0.3, 0.4) is 0 Å². The van der Waals surface area contributed by atoms with Crippen molar-refractivity contribution in [2.45, 2.75) is 29.5 Å². The Morgan fingerprint density at radius 1 is 1.00 bits per heavy atom. The highest BCUT2D eigenvalue weighted by Crippen LogP contribution is 2.28. The van der Waals surface area contributed by atoms with E-state index in [1.54, 1.807) is 18.3 Å². The number of hydrogen-bond donors (Lipinski definition) is 0. The van der Waals surface area contributed by atoms with Crippen molar-refractivity contribution in [2.75, 3.05) is 19.6 Å². The van der Waals surface area contributed by atoms with E-state index in [9.17, 15) is 12.8 Å². The summed E-state index contributed by atoms with van der Waals surface area (Å²) in [5.41, 5.74) is 1.09. The fraction of sp³-hybridized carbons (Fsp3) is 0.318. The molecule has 2 heterocycles. The van der Waals surface area contributed by atoms with Crippen LogP contribution in [0.1, 0.15) is 18.4 Å². The number of pyridine rings is 1. The molecule has 1 aliphatic rings. The molecule has 2 aromatic carbocycles. The van der Waals surface area contributed by atoms with Gasteiger partial charge in [0.1, 0.15) is 5.82 Å². The molecule has 1 saturated heterocycles. The lowest BCUT2D eigenvalue weighted by Crippen LogP contribution is -2.40. The molecule has 0 saturated carbocycles. The van der Waals surface area contributed by atoms with Crippen LogP contribution in [0, 0.1) is 5.82 Å². The van der Waals surface area contributed by atoms with Gasteiger partial charge in [-0.05, 0) is 61.5 Å². The molecule has 3 aromatic rings. The van der Waals surface area contributed by atoms with Gasteiger partial charge in [0.15, 0.2) is 14.9 Å². The van der Waals surface area contributed by atoms with Gasteiger partial charge in [-0.15, -0.1) is 12.4 Å². The Labute approximate surface area is 177 Å². The molecular weight excluding hydrogens is 411 g/mol. The van der Waals surface area contributed by atoms with Gasteiger partial charge in [-0.1, -0.05) is 36.4 Å². The molecule has 4 rings (SSSR count). The van der Waals surface area contributed by atoms with Gasteiger partial charge in [-0.3, -0.25) is 0 Å².